The molecule has 0 fully saturated rings. The Morgan fingerprint density at radius 2 is 2.38 bits per heavy atom. The van der Waals surface area contributed by atoms with Crippen molar-refractivity contribution in [3.8, 4) is 6.07 Å². The summed E-state index contributed by atoms with van der Waals surface area (Å²) < 4.78 is 0. The van der Waals surface area contributed by atoms with Crippen molar-refractivity contribution in [1.82, 2.24) is 5.32 Å². The summed E-state index contributed by atoms with van der Waals surface area (Å²) >= 11 is 0. The molecule has 1 heterocycles. The van der Waals surface area contributed by atoms with E-state index in [-0.39, 0.29) is 0 Å². The average Bonchev–Trinajstić information content (AvgIpc) is 2.18. The summed E-state index contributed by atoms with van der Waals surface area (Å²) in [7, 11) is 0. The first-order chi connectivity index (χ1) is 6.33. The van der Waals surface area contributed by atoms with Crippen molar-refractivity contribution in [2.75, 3.05) is 6.54 Å². The molecule has 0 amide bonds. The van der Waals surface area contributed by atoms with E-state index in [4.69, 9.17) is 5.26 Å². The number of nitrogens with zero attached hydrogens (tertiary/aromatic N) is 1. The van der Waals surface area contributed by atoms with E-state index >= 15 is 0 Å². The number of rotatable bonds is 0. The molecule has 2 rings (SSSR count). The Balaban J connectivity index is 2.56. The van der Waals surface area contributed by atoms with Crippen LogP contribution in [0.25, 0.3) is 0 Å². The van der Waals surface area contributed by atoms with E-state index in [1.54, 1.807) is 0 Å². The third-order valence-corrected chi connectivity index (χ3v) is 2.62. The van der Waals surface area contributed by atoms with Gasteiger partial charge in [-0.1, -0.05) is 12.1 Å². The number of nitrogens with one attached hydrogen (secondary N) is 1. The van der Waals surface area contributed by atoms with Crippen LogP contribution in [-0.2, 0) is 6.42 Å². The van der Waals surface area contributed by atoms with Gasteiger partial charge in [0.2, 0.25) is 0 Å². The molecule has 0 aliphatic carbocycles. The van der Waals surface area contributed by atoms with Crippen LogP contribution in [0.2, 0.25) is 0 Å². The molecular weight excluding hydrogens is 160 g/mol. The van der Waals surface area contributed by atoms with Crippen LogP contribution >= 0.6 is 0 Å². The van der Waals surface area contributed by atoms with Crippen LogP contribution in [0.4, 0.5) is 0 Å². The zero-order valence-electron chi connectivity index (χ0n) is 7.67. The maximum Gasteiger partial charge on any atom is 0.0994 e. The molecule has 1 aromatic carbocycles. The predicted molar refractivity (Wildman–Crippen MR) is 51.3 cm³/mol. The van der Waals surface area contributed by atoms with E-state index in [2.05, 4.69) is 24.4 Å². The minimum atomic E-state index is 0.386. The molecule has 1 aliphatic heterocycles. The van der Waals surface area contributed by atoms with Gasteiger partial charge in [0.25, 0.3) is 0 Å². The summed E-state index contributed by atoms with van der Waals surface area (Å²) in [5.74, 6) is 0. The molecule has 2 heteroatoms. The molecule has 1 aliphatic rings. The lowest BCUT2D eigenvalue weighted by Crippen LogP contribution is -2.28. The zero-order valence-corrected chi connectivity index (χ0v) is 7.67. The number of hydrogen-bond acceptors (Lipinski definition) is 2. The molecule has 0 spiro atoms. The van der Waals surface area contributed by atoms with E-state index in [0.29, 0.717) is 6.04 Å². The van der Waals surface area contributed by atoms with Gasteiger partial charge in [0.1, 0.15) is 0 Å². The molecule has 0 saturated heterocycles. The lowest BCUT2D eigenvalue weighted by atomic mass is 9.92. The monoisotopic (exact) mass is 172 g/mol. The van der Waals surface area contributed by atoms with Crippen molar-refractivity contribution < 1.29 is 0 Å². The molecule has 0 unspecified atom stereocenters. The zero-order chi connectivity index (χ0) is 9.26. The number of hydrogen-bond donors (Lipinski definition) is 1. The smallest absolute Gasteiger partial charge is 0.0994 e. The van der Waals surface area contributed by atoms with Gasteiger partial charge in [0, 0.05) is 6.04 Å². The predicted octanol–water partition coefficient (Wildman–Crippen LogP) is 1.76. The summed E-state index contributed by atoms with van der Waals surface area (Å²) in [6.07, 6.45) is 0.976. The highest BCUT2D eigenvalue weighted by Gasteiger charge is 2.17. The van der Waals surface area contributed by atoms with Gasteiger partial charge in [-0.2, -0.15) is 5.26 Å². The molecule has 0 radical (unpaired) electrons. The van der Waals surface area contributed by atoms with Crippen LogP contribution in [0.5, 0.6) is 0 Å². The summed E-state index contributed by atoms with van der Waals surface area (Å²) in [6, 6.07) is 8.60. The first-order valence-corrected chi connectivity index (χ1v) is 4.58. The highest BCUT2D eigenvalue weighted by atomic mass is 14.9. The minimum Gasteiger partial charge on any atom is -0.310 e. The first-order valence-electron chi connectivity index (χ1n) is 4.58. The standard InChI is InChI=1S/C11H12N2/c1-8-10-4-2-3-9(7-12)11(10)5-6-13-8/h2-4,8,13H,5-6H2,1H3/t8-/m0/s1. The van der Waals surface area contributed by atoms with Crippen LogP contribution < -0.4 is 5.32 Å². The van der Waals surface area contributed by atoms with E-state index in [1.807, 2.05) is 12.1 Å². The molecular formula is C11H12N2. The van der Waals surface area contributed by atoms with Gasteiger partial charge in [-0.05, 0) is 37.1 Å². The normalized spacial score (nSPS) is 20.5. The van der Waals surface area contributed by atoms with Crippen LogP contribution in [-0.4, -0.2) is 6.54 Å². The summed E-state index contributed by atoms with van der Waals surface area (Å²) in [5, 5.41) is 12.3. The highest BCUT2D eigenvalue weighted by Crippen LogP contribution is 2.24. The van der Waals surface area contributed by atoms with Crippen LogP contribution in [0.1, 0.15) is 29.7 Å². The lowest BCUT2D eigenvalue weighted by Gasteiger charge is -2.24. The van der Waals surface area contributed by atoms with Crippen molar-refractivity contribution in [2.24, 2.45) is 0 Å². The largest absolute Gasteiger partial charge is 0.310 e. The Kier molecular flexibility index (Phi) is 2.03. The average molecular weight is 172 g/mol. The van der Waals surface area contributed by atoms with Crippen LogP contribution in [0.15, 0.2) is 18.2 Å². The second-order valence-corrected chi connectivity index (χ2v) is 3.41. The van der Waals surface area contributed by atoms with E-state index in [9.17, 15) is 0 Å². The van der Waals surface area contributed by atoms with Crippen molar-refractivity contribution in [1.29, 1.82) is 5.26 Å². The Morgan fingerprint density at radius 3 is 3.15 bits per heavy atom. The van der Waals surface area contributed by atoms with Crippen molar-refractivity contribution in [3.05, 3.63) is 34.9 Å². The van der Waals surface area contributed by atoms with Gasteiger partial charge in [-0.15, -0.1) is 0 Å². The fraction of sp³-hybridized carbons (Fsp3) is 0.364. The van der Waals surface area contributed by atoms with Crippen LogP contribution in [0.3, 0.4) is 0 Å². The summed E-state index contributed by atoms with van der Waals surface area (Å²) in [6.45, 7) is 3.12. The first kappa shape index (κ1) is 8.28. The van der Waals surface area contributed by atoms with E-state index in [0.717, 1.165) is 18.5 Å². The molecule has 1 N–H and O–H groups in total. The molecule has 0 saturated carbocycles. The third-order valence-electron chi connectivity index (χ3n) is 2.62. The fourth-order valence-electron chi connectivity index (χ4n) is 1.92. The van der Waals surface area contributed by atoms with Gasteiger partial charge in [-0.25, -0.2) is 0 Å². The Morgan fingerprint density at radius 1 is 1.54 bits per heavy atom. The minimum absolute atomic E-state index is 0.386. The molecule has 0 aromatic heterocycles. The highest BCUT2D eigenvalue weighted by molar-refractivity contribution is 5.45. The second-order valence-electron chi connectivity index (χ2n) is 3.41. The molecule has 1 atom stereocenters. The van der Waals surface area contributed by atoms with Gasteiger partial charge in [0.15, 0.2) is 0 Å². The van der Waals surface area contributed by atoms with Gasteiger partial charge >= 0.3 is 0 Å². The molecule has 66 valence electrons. The van der Waals surface area contributed by atoms with Crippen molar-refractivity contribution >= 4 is 0 Å². The summed E-state index contributed by atoms with van der Waals surface area (Å²) in [4.78, 5) is 0. The van der Waals surface area contributed by atoms with Gasteiger partial charge in [0.05, 0.1) is 11.6 Å². The maximum absolute atomic E-state index is 8.91. The van der Waals surface area contributed by atoms with E-state index in [1.165, 1.54) is 11.1 Å². The Bertz CT molecular complexity index is 363. The van der Waals surface area contributed by atoms with Crippen molar-refractivity contribution in [2.45, 2.75) is 19.4 Å². The Labute approximate surface area is 78.2 Å². The topological polar surface area (TPSA) is 35.8 Å². The quantitative estimate of drug-likeness (QED) is 0.647. The van der Waals surface area contributed by atoms with E-state index < -0.39 is 0 Å². The maximum atomic E-state index is 8.91. The molecule has 2 nitrogen and oxygen atoms in total. The SMILES string of the molecule is C[C@@H]1NCCc2c(C#N)cccc21. The summed E-state index contributed by atoms with van der Waals surface area (Å²) in [5.41, 5.74) is 3.35. The number of fused-ring (bicyclic) bond motifs is 1. The lowest BCUT2D eigenvalue weighted by molar-refractivity contribution is 0.540. The third kappa shape index (κ3) is 1.32. The molecule has 0 bridgehead atoms. The van der Waals surface area contributed by atoms with Gasteiger partial charge in [-0.3, -0.25) is 0 Å². The number of nitriles is 1. The molecule has 13 heavy (non-hydrogen) atoms. The second kappa shape index (κ2) is 3.20. The molecule has 1 aromatic rings. The van der Waals surface area contributed by atoms with Crippen LogP contribution in [0, 0.1) is 11.3 Å². The van der Waals surface area contributed by atoms with Crippen molar-refractivity contribution in [3.63, 3.8) is 0 Å². The Hall–Kier alpha value is -1.33. The van der Waals surface area contributed by atoms with Gasteiger partial charge < -0.3 is 5.32 Å². The fourth-order valence-corrected chi connectivity index (χ4v) is 1.92. The number of benzene rings is 1.